The Morgan fingerprint density at radius 3 is 2.17 bits per heavy atom. The number of aromatic nitrogens is 1. The SMILES string of the molecule is Fc1ccc([C@H](c2ccccc2)c2cccc3cccnc23)cc1. The van der Waals surface area contributed by atoms with Gasteiger partial charge in [0.2, 0.25) is 0 Å². The lowest BCUT2D eigenvalue weighted by Gasteiger charge is -2.20. The van der Waals surface area contributed by atoms with E-state index in [9.17, 15) is 4.39 Å². The summed E-state index contributed by atoms with van der Waals surface area (Å²) in [5, 5.41) is 1.11. The Kier molecular flexibility index (Phi) is 3.80. The predicted molar refractivity (Wildman–Crippen MR) is 95.5 cm³/mol. The van der Waals surface area contributed by atoms with Crippen LogP contribution in [0.25, 0.3) is 10.9 Å². The number of nitrogens with zero attached hydrogens (tertiary/aromatic N) is 1. The standard InChI is InChI=1S/C22H16FN/c23-19-13-11-17(12-14-19)21(16-6-2-1-3-7-16)20-10-4-8-18-9-5-15-24-22(18)20/h1-15,21H/t21-/m0/s1. The molecular formula is C22H16FN. The normalized spacial score (nSPS) is 12.2. The summed E-state index contributed by atoms with van der Waals surface area (Å²) in [6.07, 6.45) is 1.82. The molecule has 24 heavy (non-hydrogen) atoms. The molecule has 0 aliphatic rings. The van der Waals surface area contributed by atoms with Gasteiger partial charge in [0.25, 0.3) is 0 Å². The van der Waals surface area contributed by atoms with E-state index in [1.54, 1.807) is 0 Å². The number of benzene rings is 3. The Morgan fingerprint density at radius 2 is 1.38 bits per heavy atom. The van der Waals surface area contributed by atoms with Gasteiger partial charge in [-0.3, -0.25) is 4.98 Å². The van der Waals surface area contributed by atoms with Crippen LogP contribution in [-0.2, 0) is 0 Å². The summed E-state index contributed by atoms with van der Waals surface area (Å²) >= 11 is 0. The van der Waals surface area contributed by atoms with Crippen LogP contribution in [0.2, 0.25) is 0 Å². The summed E-state index contributed by atoms with van der Waals surface area (Å²) in [6.45, 7) is 0. The van der Waals surface area contributed by atoms with E-state index in [1.165, 1.54) is 17.7 Å². The zero-order valence-electron chi connectivity index (χ0n) is 13.1. The van der Waals surface area contributed by atoms with Crippen LogP contribution in [-0.4, -0.2) is 4.98 Å². The minimum absolute atomic E-state index is 0.0189. The predicted octanol–water partition coefficient (Wildman–Crippen LogP) is 5.55. The molecule has 3 aromatic carbocycles. The van der Waals surface area contributed by atoms with Crippen LogP contribution in [0.3, 0.4) is 0 Å². The quantitative estimate of drug-likeness (QED) is 0.452. The first-order chi connectivity index (χ1) is 11.8. The Hall–Kier alpha value is -3.00. The second-order valence-electron chi connectivity index (χ2n) is 5.82. The number of halogens is 1. The first-order valence-electron chi connectivity index (χ1n) is 7.97. The molecule has 1 heterocycles. The molecule has 0 N–H and O–H groups in total. The Morgan fingerprint density at radius 1 is 0.667 bits per heavy atom. The Labute approximate surface area is 140 Å². The summed E-state index contributed by atoms with van der Waals surface area (Å²) in [4.78, 5) is 4.60. The maximum absolute atomic E-state index is 13.4. The van der Waals surface area contributed by atoms with Gasteiger partial charge >= 0.3 is 0 Å². The van der Waals surface area contributed by atoms with Crippen molar-refractivity contribution in [3.8, 4) is 0 Å². The Balaban J connectivity index is 1.97. The van der Waals surface area contributed by atoms with Crippen LogP contribution in [0.5, 0.6) is 0 Å². The fourth-order valence-corrected chi connectivity index (χ4v) is 3.21. The van der Waals surface area contributed by atoms with E-state index in [0.29, 0.717) is 0 Å². The van der Waals surface area contributed by atoms with E-state index < -0.39 is 0 Å². The van der Waals surface area contributed by atoms with Crippen molar-refractivity contribution in [3.05, 3.63) is 114 Å². The summed E-state index contributed by atoms with van der Waals surface area (Å²) in [6, 6.07) is 27.3. The number of hydrogen-bond acceptors (Lipinski definition) is 1. The van der Waals surface area contributed by atoms with E-state index >= 15 is 0 Å². The third-order valence-corrected chi connectivity index (χ3v) is 4.31. The summed E-state index contributed by atoms with van der Waals surface area (Å²) in [7, 11) is 0. The number of hydrogen-bond donors (Lipinski definition) is 0. The number of pyridine rings is 1. The van der Waals surface area contributed by atoms with Crippen LogP contribution in [0.4, 0.5) is 4.39 Å². The van der Waals surface area contributed by atoms with Gasteiger partial charge in [-0.2, -0.15) is 0 Å². The van der Waals surface area contributed by atoms with Crippen molar-refractivity contribution in [2.24, 2.45) is 0 Å². The first-order valence-corrected chi connectivity index (χ1v) is 7.97. The molecule has 116 valence electrons. The second kappa shape index (κ2) is 6.25. The van der Waals surface area contributed by atoms with Crippen molar-refractivity contribution in [1.29, 1.82) is 0 Å². The zero-order valence-corrected chi connectivity index (χ0v) is 13.1. The molecule has 0 fully saturated rings. The lowest BCUT2D eigenvalue weighted by molar-refractivity contribution is 0.627. The molecular weight excluding hydrogens is 297 g/mol. The molecule has 1 atom stereocenters. The fourth-order valence-electron chi connectivity index (χ4n) is 3.21. The van der Waals surface area contributed by atoms with E-state index in [2.05, 4.69) is 41.4 Å². The largest absolute Gasteiger partial charge is 0.256 e. The molecule has 0 radical (unpaired) electrons. The zero-order chi connectivity index (χ0) is 16.4. The highest BCUT2D eigenvalue weighted by Gasteiger charge is 2.19. The van der Waals surface area contributed by atoms with Crippen LogP contribution in [0, 0.1) is 5.82 Å². The van der Waals surface area contributed by atoms with Crippen LogP contribution in [0.1, 0.15) is 22.6 Å². The summed E-state index contributed by atoms with van der Waals surface area (Å²) in [5.41, 5.74) is 4.34. The van der Waals surface area contributed by atoms with Gasteiger partial charge in [0, 0.05) is 17.5 Å². The second-order valence-corrected chi connectivity index (χ2v) is 5.82. The van der Waals surface area contributed by atoms with Gasteiger partial charge < -0.3 is 0 Å². The van der Waals surface area contributed by atoms with Crippen molar-refractivity contribution in [3.63, 3.8) is 0 Å². The van der Waals surface area contributed by atoms with Gasteiger partial charge in [0.15, 0.2) is 0 Å². The Bertz CT molecular complexity index is 957. The highest BCUT2D eigenvalue weighted by Crippen LogP contribution is 2.35. The van der Waals surface area contributed by atoms with Gasteiger partial charge in [-0.05, 0) is 34.9 Å². The number of fused-ring (bicyclic) bond motifs is 1. The van der Waals surface area contributed by atoms with Crippen molar-refractivity contribution in [2.75, 3.05) is 0 Å². The van der Waals surface area contributed by atoms with E-state index in [1.807, 2.05) is 42.6 Å². The van der Waals surface area contributed by atoms with Crippen LogP contribution < -0.4 is 0 Å². The molecule has 1 nitrogen and oxygen atoms in total. The lowest BCUT2D eigenvalue weighted by atomic mass is 9.84. The maximum atomic E-state index is 13.4. The molecule has 0 unspecified atom stereocenters. The summed E-state index contributed by atoms with van der Waals surface area (Å²) in [5.74, 6) is -0.202. The van der Waals surface area contributed by atoms with Crippen molar-refractivity contribution in [1.82, 2.24) is 4.98 Å². The van der Waals surface area contributed by atoms with Crippen molar-refractivity contribution < 1.29 is 4.39 Å². The molecule has 0 bridgehead atoms. The number of para-hydroxylation sites is 1. The van der Waals surface area contributed by atoms with Gasteiger partial charge in [-0.25, -0.2) is 4.39 Å². The van der Waals surface area contributed by atoms with Crippen LogP contribution in [0.15, 0.2) is 91.1 Å². The molecule has 0 saturated heterocycles. The summed E-state index contributed by atoms with van der Waals surface area (Å²) < 4.78 is 13.4. The molecule has 4 aromatic rings. The van der Waals surface area contributed by atoms with Crippen molar-refractivity contribution in [2.45, 2.75) is 5.92 Å². The molecule has 0 aliphatic heterocycles. The average Bonchev–Trinajstić information content (AvgIpc) is 2.65. The van der Waals surface area contributed by atoms with Gasteiger partial charge in [0.1, 0.15) is 5.82 Å². The molecule has 2 heteroatoms. The molecule has 4 rings (SSSR count). The highest BCUT2D eigenvalue weighted by atomic mass is 19.1. The van der Waals surface area contributed by atoms with Crippen molar-refractivity contribution >= 4 is 10.9 Å². The smallest absolute Gasteiger partial charge is 0.123 e. The number of rotatable bonds is 3. The molecule has 0 amide bonds. The molecule has 0 spiro atoms. The topological polar surface area (TPSA) is 12.9 Å². The average molecular weight is 313 g/mol. The van der Waals surface area contributed by atoms with Gasteiger partial charge in [-0.15, -0.1) is 0 Å². The van der Waals surface area contributed by atoms with E-state index in [-0.39, 0.29) is 11.7 Å². The molecule has 0 saturated carbocycles. The van der Waals surface area contributed by atoms with E-state index in [4.69, 9.17) is 0 Å². The molecule has 0 aliphatic carbocycles. The highest BCUT2D eigenvalue weighted by molar-refractivity contribution is 5.83. The fraction of sp³-hybridized carbons (Fsp3) is 0.0455. The third kappa shape index (κ3) is 2.67. The van der Waals surface area contributed by atoms with Crippen LogP contribution >= 0.6 is 0 Å². The van der Waals surface area contributed by atoms with E-state index in [0.717, 1.165) is 22.0 Å². The maximum Gasteiger partial charge on any atom is 0.123 e. The third-order valence-electron chi connectivity index (χ3n) is 4.31. The molecule has 1 aromatic heterocycles. The minimum atomic E-state index is -0.221. The first kappa shape index (κ1) is 14.6. The lowest BCUT2D eigenvalue weighted by Crippen LogP contribution is -2.05. The van der Waals surface area contributed by atoms with Gasteiger partial charge in [-0.1, -0.05) is 66.7 Å². The minimum Gasteiger partial charge on any atom is -0.256 e. The monoisotopic (exact) mass is 313 g/mol. The van der Waals surface area contributed by atoms with Gasteiger partial charge in [0.05, 0.1) is 5.52 Å².